The number of rotatable bonds is 4. The lowest BCUT2D eigenvalue weighted by atomic mass is 9.90. The zero-order valence-corrected chi connectivity index (χ0v) is 15.5. The van der Waals surface area contributed by atoms with Crippen molar-refractivity contribution in [3.05, 3.63) is 70.9 Å². The summed E-state index contributed by atoms with van der Waals surface area (Å²) in [5, 5.41) is 13.3. The Morgan fingerprint density at radius 1 is 1.18 bits per heavy atom. The molecule has 0 aliphatic carbocycles. The number of hydrogen-bond donors (Lipinski definition) is 2. The fourth-order valence-corrected chi connectivity index (χ4v) is 3.31. The maximum absolute atomic E-state index is 12.8. The molecule has 0 unspecified atom stereocenters. The van der Waals surface area contributed by atoms with Crippen LogP contribution in [0.15, 0.2) is 48.7 Å². The van der Waals surface area contributed by atoms with Gasteiger partial charge in [-0.2, -0.15) is 9.90 Å². The molecule has 2 heterocycles. The van der Waals surface area contributed by atoms with Crippen molar-refractivity contribution in [3.63, 3.8) is 0 Å². The van der Waals surface area contributed by atoms with Crippen LogP contribution in [0.1, 0.15) is 37.8 Å². The molecule has 8 heteroatoms. The molecule has 28 heavy (non-hydrogen) atoms. The highest BCUT2D eigenvalue weighted by molar-refractivity contribution is 6.07. The Bertz CT molecular complexity index is 1050. The third-order valence-electron chi connectivity index (χ3n) is 4.66. The van der Waals surface area contributed by atoms with E-state index in [1.54, 1.807) is 20.2 Å². The van der Waals surface area contributed by atoms with E-state index < -0.39 is 0 Å². The first-order valence-electron chi connectivity index (χ1n) is 8.82. The van der Waals surface area contributed by atoms with Crippen LogP contribution in [0.3, 0.4) is 0 Å². The summed E-state index contributed by atoms with van der Waals surface area (Å²) < 4.78 is 5.86. The molecule has 0 fully saturated rings. The molecule has 0 saturated carbocycles. The van der Waals surface area contributed by atoms with Gasteiger partial charge in [0.15, 0.2) is 5.82 Å². The molecule has 4 rings (SSSR count). The Labute approximate surface area is 161 Å². The Kier molecular flexibility index (Phi) is 4.52. The summed E-state index contributed by atoms with van der Waals surface area (Å²) in [6.45, 7) is 0.415. The van der Waals surface area contributed by atoms with Gasteiger partial charge in [-0.15, -0.1) is 5.10 Å². The summed E-state index contributed by atoms with van der Waals surface area (Å²) in [6, 6.07) is 13.2. The zero-order valence-electron chi connectivity index (χ0n) is 15.5. The van der Waals surface area contributed by atoms with Gasteiger partial charge in [-0.3, -0.25) is 9.59 Å². The van der Waals surface area contributed by atoms with Crippen molar-refractivity contribution in [2.24, 2.45) is 7.05 Å². The Morgan fingerprint density at radius 3 is 2.64 bits per heavy atom. The van der Waals surface area contributed by atoms with Crippen LogP contribution in [0.25, 0.3) is 0 Å². The molecule has 2 N–H and O–H groups in total. The van der Waals surface area contributed by atoms with E-state index in [4.69, 9.17) is 4.74 Å². The molecule has 0 bridgehead atoms. The van der Waals surface area contributed by atoms with Crippen LogP contribution in [0.5, 0.6) is 5.75 Å². The minimum absolute atomic E-state index is 0.0520. The summed E-state index contributed by atoms with van der Waals surface area (Å²) in [5.74, 6) is 0.129. The second kappa shape index (κ2) is 7.15. The van der Waals surface area contributed by atoms with Crippen molar-refractivity contribution in [1.29, 1.82) is 0 Å². The monoisotopic (exact) mass is 377 g/mol. The number of ether oxygens (including phenoxy) is 1. The average molecular weight is 377 g/mol. The van der Waals surface area contributed by atoms with Crippen molar-refractivity contribution >= 4 is 17.6 Å². The number of amides is 2. The van der Waals surface area contributed by atoms with Crippen molar-refractivity contribution in [2.75, 3.05) is 19.0 Å². The van der Waals surface area contributed by atoms with E-state index in [9.17, 15) is 9.59 Å². The second-order valence-corrected chi connectivity index (χ2v) is 6.47. The fourth-order valence-electron chi connectivity index (χ4n) is 3.31. The highest BCUT2D eigenvalue weighted by Gasteiger charge is 2.31. The quantitative estimate of drug-likeness (QED) is 0.724. The largest absolute Gasteiger partial charge is 0.491 e. The van der Waals surface area contributed by atoms with Crippen molar-refractivity contribution in [2.45, 2.75) is 5.92 Å². The van der Waals surface area contributed by atoms with E-state index in [0.29, 0.717) is 29.3 Å². The van der Waals surface area contributed by atoms with Crippen LogP contribution in [-0.2, 0) is 7.05 Å². The third-order valence-corrected chi connectivity index (χ3v) is 4.66. The van der Waals surface area contributed by atoms with Gasteiger partial charge < -0.3 is 15.4 Å². The molecule has 2 amide bonds. The maximum atomic E-state index is 12.8. The van der Waals surface area contributed by atoms with E-state index in [1.165, 1.54) is 17.1 Å². The number of fused-ring (bicyclic) bond motifs is 1. The lowest BCUT2D eigenvalue weighted by Crippen LogP contribution is -2.20. The fraction of sp³-hybridized carbons (Fsp3) is 0.200. The molecule has 1 aliphatic rings. The second-order valence-electron chi connectivity index (χ2n) is 6.47. The van der Waals surface area contributed by atoms with Crippen LogP contribution in [-0.4, -0.2) is 40.5 Å². The summed E-state index contributed by atoms with van der Waals surface area (Å²) in [7, 11) is 3.21. The van der Waals surface area contributed by atoms with E-state index in [0.717, 1.165) is 11.1 Å². The standard InChI is InChI=1S/C20H19N5O3/c1-21-20(27)15-9-13(19(26)23-17-10-22-25(2)24-17)8-14-16(11-28-18(14)15)12-6-4-3-5-7-12/h3-10,16H,11H2,1-2H3,(H,21,27)(H,23,24,26)/t16-/m1/s1. The van der Waals surface area contributed by atoms with Gasteiger partial charge in [0.1, 0.15) is 5.75 Å². The molecular weight excluding hydrogens is 358 g/mol. The van der Waals surface area contributed by atoms with Crippen LogP contribution in [0, 0.1) is 0 Å². The topological polar surface area (TPSA) is 98.1 Å². The number of nitrogens with zero attached hydrogens (tertiary/aromatic N) is 3. The van der Waals surface area contributed by atoms with Gasteiger partial charge in [0, 0.05) is 31.1 Å². The summed E-state index contributed by atoms with van der Waals surface area (Å²) in [5.41, 5.74) is 2.57. The van der Waals surface area contributed by atoms with Crippen LogP contribution in [0.2, 0.25) is 0 Å². The van der Waals surface area contributed by atoms with Crippen LogP contribution >= 0.6 is 0 Å². The average Bonchev–Trinajstić information content (AvgIpc) is 3.33. The van der Waals surface area contributed by atoms with Gasteiger partial charge in [-0.25, -0.2) is 0 Å². The minimum Gasteiger partial charge on any atom is -0.491 e. The Hall–Kier alpha value is -3.68. The van der Waals surface area contributed by atoms with Gasteiger partial charge in [0.05, 0.1) is 18.4 Å². The first-order valence-corrected chi connectivity index (χ1v) is 8.82. The molecule has 1 aliphatic heterocycles. The molecule has 1 atom stereocenters. The summed E-state index contributed by atoms with van der Waals surface area (Å²) in [4.78, 5) is 26.5. The minimum atomic E-state index is -0.368. The van der Waals surface area contributed by atoms with E-state index >= 15 is 0 Å². The molecule has 1 aromatic heterocycles. The molecule has 8 nitrogen and oxygen atoms in total. The zero-order chi connectivity index (χ0) is 19.7. The number of anilines is 1. The smallest absolute Gasteiger partial charge is 0.256 e. The van der Waals surface area contributed by atoms with E-state index in [2.05, 4.69) is 20.8 Å². The molecule has 142 valence electrons. The number of carbonyl (C=O) groups is 2. The van der Waals surface area contributed by atoms with E-state index in [1.807, 2.05) is 30.3 Å². The van der Waals surface area contributed by atoms with E-state index in [-0.39, 0.29) is 17.7 Å². The molecule has 0 spiro atoms. The third kappa shape index (κ3) is 3.20. The maximum Gasteiger partial charge on any atom is 0.256 e. The van der Waals surface area contributed by atoms with Crippen molar-refractivity contribution < 1.29 is 14.3 Å². The van der Waals surface area contributed by atoms with Gasteiger partial charge in [-0.1, -0.05) is 30.3 Å². The molecule has 3 aromatic rings. The van der Waals surface area contributed by atoms with Crippen LogP contribution in [0.4, 0.5) is 5.82 Å². The van der Waals surface area contributed by atoms with Crippen molar-refractivity contribution in [3.8, 4) is 5.75 Å². The first kappa shape index (κ1) is 17.7. The molecule has 0 saturated heterocycles. The number of aromatic nitrogens is 3. The molecule has 2 aromatic carbocycles. The predicted octanol–water partition coefficient (Wildman–Crippen LogP) is 1.95. The predicted molar refractivity (Wildman–Crippen MR) is 103 cm³/mol. The van der Waals surface area contributed by atoms with Gasteiger partial charge in [-0.05, 0) is 17.7 Å². The number of carbonyl (C=O) groups excluding carboxylic acids is 2. The van der Waals surface area contributed by atoms with Gasteiger partial charge in [0.25, 0.3) is 11.8 Å². The summed E-state index contributed by atoms with van der Waals surface area (Å²) in [6.07, 6.45) is 1.46. The lowest BCUT2D eigenvalue weighted by molar-refractivity contribution is 0.0960. The normalized spacial score (nSPS) is 14.9. The number of aryl methyl sites for hydroxylation is 1. The Balaban J connectivity index is 1.76. The van der Waals surface area contributed by atoms with Gasteiger partial charge in [0.2, 0.25) is 0 Å². The Morgan fingerprint density at radius 2 is 1.96 bits per heavy atom. The summed E-state index contributed by atoms with van der Waals surface area (Å²) >= 11 is 0. The molecule has 0 radical (unpaired) electrons. The number of benzene rings is 2. The first-order chi connectivity index (χ1) is 13.6. The highest BCUT2D eigenvalue weighted by atomic mass is 16.5. The number of hydrogen-bond acceptors (Lipinski definition) is 5. The van der Waals surface area contributed by atoms with Crippen LogP contribution < -0.4 is 15.4 Å². The SMILES string of the molecule is CNC(=O)c1cc(C(=O)Nc2cnn(C)n2)cc2c1OC[C@@H]2c1ccccc1. The lowest BCUT2D eigenvalue weighted by Gasteiger charge is -2.12. The van der Waals surface area contributed by atoms with Gasteiger partial charge >= 0.3 is 0 Å². The van der Waals surface area contributed by atoms with Crippen molar-refractivity contribution in [1.82, 2.24) is 20.3 Å². The number of nitrogens with one attached hydrogen (secondary N) is 2. The highest BCUT2D eigenvalue weighted by Crippen LogP contribution is 2.41. The molecular formula is C20H19N5O3.